The van der Waals surface area contributed by atoms with Gasteiger partial charge < -0.3 is 9.67 Å². The SMILES string of the molecule is Oc1ccc2ccc3c(c2c1)c1ccccc1n3Cc1ccccc1. The van der Waals surface area contributed by atoms with Crippen LogP contribution in [0.1, 0.15) is 5.56 Å². The molecule has 2 heteroatoms. The smallest absolute Gasteiger partial charge is 0.116 e. The van der Waals surface area contributed by atoms with Crippen LogP contribution < -0.4 is 0 Å². The molecular weight excluding hydrogens is 306 g/mol. The third-order valence-corrected chi connectivity index (χ3v) is 4.92. The Kier molecular flexibility index (Phi) is 3.04. The van der Waals surface area contributed by atoms with E-state index in [1.807, 2.05) is 18.2 Å². The summed E-state index contributed by atoms with van der Waals surface area (Å²) in [6.45, 7) is 0.829. The minimum atomic E-state index is 0.305. The number of phenols is 1. The zero-order valence-electron chi connectivity index (χ0n) is 13.7. The van der Waals surface area contributed by atoms with E-state index in [1.165, 1.54) is 27.4 Å². The van der Waals surface area contributed by atoms with Crippen LogP contribution in [-0.2, 0) is 6.54 Å². The van der Waals surface area contributed by atoms with Crippen molar-refractivity contribution in [3.05, 3.63) is 90.5 Å². The summed E-state index contributed by atoms with van der Waals surface area (Å²) in [6.07, 6.45) is 0. The van der Waals surface area contributed by atoms with E-state index >= 15 is 0 Å². The first-order chi connectivity index (χ1) is 12.3. The third kappa shape index (κ3) is 2.18. The number of nitrogens with zero attached hydrogens (tertiary/aromatic N) is 1. The second kappa shape index (κ2) is 5.38. The standard InChI is InChI=1S/C23H17NO/c25-18-12-10-17-11-13-22-23(20(17)14-18)19-8-4-5-9-21(19)24(22)15-16-6-2-1-3-7-16/h1-14,25H,15H2. The highest BCUT2D eigenvalue weighted by atomic mass is 16.3. The summed E-state index contributed by atoms with van der Waals surface area (Å²) < 4.78 is 2.36. The predicted octanol–water partition coefficient (Wildman–Crippen LogP) is 5.70. The second-order valence-corrected chi connectivity index (χ2v) is 6.45. The van der Waals surface area contributed by atoms with Crippen LogP contribution in [-0.4, -0.2) is 9.67 Å². The minimum absolute atomic E-state index is 0.305. The molecular formula is C23H17NO. The van der Waals surface area contributed by atoms with Gasteiger partial charge in [0.25, 0.3) is 0 Å². The molecule has 25 heavy (non-hydrogen) atoms. The molecule has 0 spiro atoms. The fourth-order valence-electron chi connectivity index (χ4n) is 3.79. The van der Waals surface area contributed by atoms with Gasteiger partial charge in [0.15, 0.2) is 0 Å². The molecule has 4 aromatic carbocycles. The van der Waals surface area contributed by atoms with Gasteiger partial charge in [0.2, 0.25) is 0 Å². The molecule has 1 heterocycles. The van der Waals surface area contributed by atoms with E-state index < -0.39 is 0 Å². The lowest BCUT2D eigenvalue weighted by Crippen LogP contribution is -1.98. The van der Waals surface area contributed by atoms with Gasteiger partial charge in [-0.1, -0.05) is 60.7 Å². The number of aromatic hydroxyl groups is 1. The minimum Gasteiger partial charge on any atom is -0.508 e. The van der Waals surface area contributed by atoms with Gasteiger partial charge in [-0.2, -0.15) is 0 Å². The zero-order chi connectivity index (χ0) is 16.8. The lowest BCUT2D eigenvalue weighted by atomic mass is 10.0. The number of rotatable bonds is 2. The average Bonchev–Trinajstić information content (AvgIpc) is 2.97. The van der Waals surface area contributed by atoms with Crippen molar-refractivity contribution in [3.8, 4) is 5.75 Å². The molecule has 0 atom stereocenters. The van der Waals surface area contributed by atoms with Gasteiger partial charge in [0, 0.05) is 22.8 Å². The predicted molar refractivity (Wildman–Crippen MR) is 104 cm³/mol. The molecule has 1 aromatic heterocycles. The van der Waals surface area contributed by atoms with E-state index in [-0.39, 0.29) is 0 Å². The van der Waals surface area contributed by atoms with Crippen molar-refractivity contribution in [2.45, 2.75) is 6.54 Å². The van der Waals surface area contributed by atoms with Crippen LogP contribution in [0.2, 0.25) is 0 Å². The van der Waals surface area contributed by atoms with E-state index in [9.17, 15) is 5.11 Å². The quantitative estimate of drug-likeness (QED) is 0.443. The maximum atomic E-state index is 10.00. The Hall–Kier alpha value is -3.26. The Morgan fingerprint density at radius 2 is 1.44 bits per heavy atom. The third-order valence-electron chi connectivity index (χ3n) is 4.92. The van der Waals surface area contributed by atoms with Gasteiger partial charge in [-0.05, 0) is 40.6 Å². The first-order valence-corrected chi connectivity index (χ1v) is 8.48. The van der Waals surface area contributed by atoms with E-state index in [0.29, 0.717) is 5.75 Å². The summed E-state index contributed by atoms with van der Waals surface area (Å²) in [6, 6.07) is 29.0. The summed E-state index contributed by atoms with van der Waals surface area (Å²) in [4.78, 5) is 0. The van der Waals surface area contributed by atoms with Crippen molar-refractivity contribution < 1.29 is 5.11 Å². The lowest BCUT2D eigenvalue weighted by Gasteiger charge is -2.08. The van der Waals surface area contributed by atoms with Crippen LogP contribution >= 0.6 is 0 Å². The number of phenolic OH excluding ortho intramolecular Hbond substituents is 1. The normalized spacial score (nSPS) is 11.5. The Bertz CT molecular complexity index is 1220. The van der Waals surface area contributed by atoms with Crippen molar-refractivity contribution in [1.82, 2.24) is 4.57 Å². The van der Waals surface area contributed by atoms with E-state index in [4.69, 9.17) is 0 Å². The largest absolute Gasteiger partial charge is 0.508 e. The van der Waals surface area contributed by atoms with Crippen LogP contribution in [0.3, 0.4) is 0 Å². The lowest BCUT2D eigenvalue weighted by molar-refractivity contribution is 0.476. The van der Waals surface area contributed by atoms with Gasteiger partial charge in [-0.25, -0.2) is 0 Å². The molecule has 120 valence electrons. The second-order valence-electron chi connectivity index (χ2n) is 6.45. The summed E-state index contributed by atoms with van der Waals surface area (Å²) >= 11 is 0. The Balaban J connectivity index is 1.90. The molecule has 2 nitrogen and oxygen atoms in total. The van der Waals surface area contributed by atoms with Crippen molar-refractivity contribution in [2.24, 2.45) is 0 Å². The monoisotopic (exact) mass is 323 g/mol. The Labute approximate surface area is 145 Å². The molecule has 0 aliphatic carbocycles. The number of fused-ring (bicyclic) bond motifs is 5. The molecule has 1 N–H and O–H groups in total. The summed E-state index contributed by atoms with van der Waals surface area (Å²) in [5.41, 5.74) is 3.70. The molecule has 0 saturated heterocycles. The Morgan fingerprint density at radius 1 is 0.680 bits per heavy atom. The molecule has 0 amide bonds. The molecule has 0 fully saturated rings. The fourth-order valence-corrected chi connectivity index (χ4v) is 3.79. The van der Waals surface area contributed by atoms with E-state index in [0.717, 1.165) is 17.3 Å². The average molecular weight is 323 g/mol. The van der Waals surface area contributed by atoms with Gasteiger partial charge in [-0.3, -0.25) is 0 Å². The van der Waals surface area contributed by atoms with Crippen LogP contribution in [0.15, 0.2) is 84.9 Å². The Morgan fingerprint density at radius 3 is 2.32 bits per heavy atom. The van der Waals surface area contributed by atoms with Crippen molar-refractivity contribution in [2.75, 3.05) is 0 Å². The van der Waals surface area contributed by atoms with Crippen LogP contribution in [0.5, 0.6) is 5.75 Å². The summed E-state index contributed by atoms with van der Waals surface area (Å²) in [7, 11) is 0. The van der Waals surface area contributed by atoms with E-state index in [1.54, 1.807) is 6.07 Å². The van der Waals surface area contributed by atoms with Crippen molar-refractivity contribution >= 4 is 32.6 Å². The molecule has 0 bridgehead atoms. The zero-order valence-corrected chi connectivity index (χ0v) is 13.7. The van der Waals surface area contributed by atoms with E-state index in [2.05, 4.69) is 65.2 Å². The topological polar surface area (TPSA) is 25.2 Å². The maximum Gasteiger partial charge on any atom is 0.116 e. The first kappa shape index (κ1) is 14.1. The molecule has 0 radical (unpaired) electrons. The first-order valence-electron chi connectivity index (χ1n) is 8.48. The molecule has 5 aromatic rings. The molecule has 0 unspecified atom stereocenters. The van der Waals surface area contributed by atoms with Gasteiger partial charge >= 0.3 is 0 Å². The number of para-hydroxylation sites is 1. The van der Waals surface area contributed by atoms with Crippen LogP contribution in [0.25, 0.3) is 32.6 Å². The number of aromatic nitrogens is 1. The molecule has 0 saturated carbocycles. The highest BCUT2D eigenvalue weighted by Crippen LogP contribution is 2.36. The molecule has 5 rings (SSSR count). The highest BCUT2D eigenvalue weighted by Gasteiger charge is 2.13. The fraction of sp³-hybridized carbons (Fsp3) is 0.0435. The maximum absolute atomic E-state index is 10.00. The van der Waals surface area contributed by atoms with Crippen molar-refractivity contribution in [3.63, 3.8) is 0 Å². The van der Waals surface area contributed by atoms with Gasteiger partial charge in [0.1, 0.15) is 5.75 Å². The number of benzene rings is 4. The summed E-state index contributed by atoms with van der Waals surface area (Å²) in [5.74, 6) is 0.305. The number of hydrogen-bond acceptors (Lipinski definition) is 1. The van der Waals surface area contributed by atoms with Crippen LogP contribution in [0, 0.1) is 0 Å². The number of hydrogen-bond donors (Lipinski definition) is 1. The highest BCUT2D eigenvalue weighted by molar-refractivity contribution is 6.20. The molecule has 0 aliphatic heterocycles. The van der Waals surface area contributed by atoms with Crippen molar-refractivity contribution in [1.29, 1.82) is 0 Å². The molecule has 0 aliphatic rings. The van der Waals surface area contributed by atoms with Gasteiger partial charge in [-0.15, -0.1) is 0 Å². The summed E-state index contributed by atoms with van der Waals surface area (Å²) in [5, 5.41) is 14.7. The van der Waals surface area contributed by atoms with Crippen LogP contribution in [0.4, 0.5) is 0 Å². The van der Waals surface area contributed by atoms with Gasteiger partial charge in [0.05, 0.1) is 5.52 Å².